The summed E-state index contributed by atoms with van der Waals surface area (Å²) >= 11 is 1.55. The minimum Gasteiger partial charge on any atom is -0.344 e. The van der Waals surface area contributed by atoms with Crippen LogP contribution >= 0.6 is 11.9 Å². The van der Waals surface area contributed by atoms with Crippen LogP contribution in [-0.4, -0.2) is 22.9 Å². The van der Waals surface area contributed by atoms with Gasteiger partial charge in [-0.15, -0.1) is 0 Å². The van der Waals surface area contributed by atoms with Gasteiger partial charge in [0.25, 0.3) is 5.91 Å². The van der Waals surface area contributed by atoms with Crippen LogP contribution in [0.4, 0.5) is 5.69 Å². The third-order valence-electron chi connectivity index (χ3n) is 4.64. The number of carbonyl (C=O) groups is 2. The molecule has 1 unspecified atom stereocenters. The number of carbonyl (C=O) groups excluding carboxylic acids is 2. The summed E-state index contributed by atoms with van der Waals surface area (Å²) < 4.78 is 3.23. The molecule has 1 aromatic heterocycles. The van der Waals surface area contributed by atoms with Crippen molar-refractivity contribution in [2.45, 2.75) is 26.8 Å². The summed E-state index contributed by atoms with van der Waals surface area (Å²) in [6, 6.07) is 14.8. The molecule has 1 amide bonds. The van der Waals surface area contributed by atoms with Crippen LogP contribution in [0.5, 0.6) is 0 Å². The molecule has 0 aliphatic rings. The average Bonchev–Trinajstić information content (AvgIpc) is 2.68. The number of aromatic nitrogens is 1. The van der Waals surface area contributed by atoms with E-state index in [1.54, 1.807) is 36.2 Å². The number of benzene rings is 2. The number of ketones is 1. The summed E-state index contributed by atoms with van der Waals surface area (Å²) in [5, 5.41) is 3.84. The quantitative estimate of drug-likeness (QED) is 0.459. The third-order valence-corrected chi connectivity index (χ3v) is 5.06. The first-order valence-electron chi connectivity index (χ1n) is 9.01. The highest BCUT2D eigenvalue weighted by molar-refractivity contribution is 7.99. The van der Waals surface area contributed by atoms with Gasteiger partial charge in [0.2, 0.25) is 0 Å². The van der Waals surface area contributed by atoms with E-state index in [0.717, 1.165) is 22.2 Å². The Kier molecular flexibility index (Phi) is 5.99. The summed E-state index contributed by atoms with van der Waals surface area (Å²) in [4.78, 5) is 28.6. The van der Waals surface area contributed by atoms with Crippen LogP contribution in [0.2, 0.25) is 0 Å². The monoisotopic (exact) mass is 393 g/mol. The number of Topliss-reactive ketones (excluding diaryl/α,β-unsaturated/α-hetero) is 1. The van der Waals surface area contributed by atoms with Gasteiger partial charge in [0, 0.05) is 22.9 Å². The number of hydrogen-bond donors (Lipinski definition) is 2. The zero-order valence-corrected chi connectivity index (χ0v) is 17.2. The van der Waals surface area contributed by atoms with Crippen LogP contribution in [0, 0.1) is 6.92 Å². The summed E-state index contributed by atoms with van der Waals surface area (Å²) in [7, 11) is 0. The second-order valence-corrected chi connectivity index (χ2v) is 7.35. The smallest absolute Gasteiger partial charge is 0.270 e. The first-order chi connectivity index (χ1) is 13.4. The third kappa shape index (κ3) is 4.34. The van der Waals surface area contributed by atoms with Gasteiger partial charge in [-0.1, -0.05) is 30.1 Å². The molecule has 0 bridgehead atoms. The van der Waals surface area contributed by atoms with Gasteiger partial charge in [-0.3, -0.25) is 9.59 Å². The second kappa shape index (κ2) is 8.44. The normalized spacial score (nSPS) is 11.9. The molecule has 0 fully saturated rings. The second-order valence-electron chi connectivity index (χ2n) is 6.74. The van der Waals surface area contributed by atoms with E-state index in [1.807, 2.05) is 38.3 Å². The fourth-order valence-electron chi connectivity index (χ4n) is 3.01. The summed E-state index contributed by atoms with van der Waals surface area (Å²) in [6.07, 6.45) is 1.98. The molecule has 6 heteroatoms. The van der Waals surface area contributed by atoms with Crippen LogP contribution in [0.3, 0.4) is 0 Å². The standard InChI is InChI=1S/C22H23N3O2S/c1-13-11-16(5-8-19(13)25-28-4)14(2)23-22(27)21-10-7-18-12-17(15(3)26)6-9-20(18)24-21/h5-12,14,25H,1-4H3,(H,23,27). The van der Waals surface area contributed by atoms with Gasteiger partial charge in [0.15, 0.2) is 5.78 Å². The molecule has 144 valence electrons. The summed E-state index contributed by atoms with van der Waals surface area (Å²) in [5.74, 6) is -0.222. The van der Waals surface area contributed by atoms with Gasteiger partial charge in [-0.05, 0) is 62.2 Å². The molecule has 0 radical (unpaired) electrons. The number of nitrogens with zero attached hydrogens (tertiary/aromatic N) is 1. The highest BCUT2D eigenvalue weighted by Crippen LogP contribution is 2.23. The topological polar surface area (TPSA) is 71.1 Å². The zero-order chi connectivity index (χ0) is 20.3. The van der Waals surface area contributed by atoms with E-state index >= 15 is 0 Å². The zero-order valence-electron chi connectivity index (χ0n) is 16.4. The molecule has 1 heterocycles. The molecule has 0 saturated carbocycles. The molecular weight excluding hydrogens is 370 g/mol. The van der Waals surface area contributed by atoms with E-state index in [2.05, 4.69) is 21.1 Å². The number of pyridine rings is 1. The molecule has 28 heavy (non-hydrogen) atoms. The largest absolute Gasteiger partial charge is 0.344 e. The van der Waals surface area contributed by atoms with E-state index in [4.69, 9.17) is 0 Å². The molecule has 2 N–H and O–H groups in total. The molecule has 0 aliphatic carbocycles. The van der Waals surface area contributed by atoms with E-state index in [-0.39, 0.29) is 17.7 Å². The highest BCUT2D eigenvalue weighted by Gasteiger charge is 2.14. The Morgan fingerprint density at radius 2 is 1.86 bits per heavy atom. The molecule has 3 aromatic rings. The van der Waals surface area contributed by atoms with Gasteiger partial charge < -0.3 is 10.0 Å². The van der Waals surface area contributed by atoms with Crippen molar-refractivity contribution >= 4 is 40.2 Å². The number of nitrogens with one attached hydrogen (secondary N) is 2. The van der Waals surface area contributed by atoms with Crippen molar-refractivity contribution < 1.29 is 9.59 Å². The Bertz CT molecular complexity index is 1050. The average molecular weight is 394 g/mol. The molecular formula is C22H23N3O2S. The van der Waals surface area contributed by atoms with E-state index in [1.165, 1.54) is 6.92 Å². The van der Waals surface area contributed by atoms with Crippen molar-refractivity contribution in [2.75, 3.05) is 11.0 Å². The predicted octanol–water partition coefficient (Wildman–Crippen LogP) is 4.93. The van der Waals surface area contributed by atoms with Gasteiger partial charge in [-0.25, -0.2) is 4.98 Å². The summed E-state index contributed by atoms with van der Waals surface area (Å²) in [6.45, 7) is 5.52. The van der Waals surface area contributed by atoms with E-state index in [0.29, 0.717) is 16.8 Å². The number of rotatable bonds is 6. The van der Waals surface area contributed by atoms with Gasteiger partial charge in [0.1, 0.15) is 5.69 Å². The summed E-state index contributed by atoms with van der Waals surface area (Å²) in [5.41, 5.74) is 4.90. The molecule has 0 aliphatic heterocycles. The fraction of sp³-hybridized carbons (Fsp3) is 0.227. The molecule has 0 spiro atoms. The minimum absolute atomic E-state index is 0.00610. The first kappa shape index (κ1) is 19.9. The van der Waals surface area contributed by atoms with Crippen LogP contribution in [0.1, 0.15) is 51.9 Å². The molecule has 5 nitrogen and oxygen atoms in total. The Balaban J connectivity index is 1.77. The highest BCUT2D eigenvalue weighted by atomic mass is 32.2. The fourth-order valence-corrected chi connectivity index (χ4v) is 3.45. The Hall–Kier alpha value is -2.86. The van der Waals surface area contributed by atoms with Gasteiger partial charge in [0.05, 0.1) is 11.6 Å². The lowest BCUT2D eigenvalue weighted by atomic mass is 10.0. The van der Waals surface area contributed by atoms with Crippen LogP contribution in [-0.2, 0) is 0 Å². The molecule has 0 saturated heterocycles. The number of hydrogen-bond acceptors (Lipinski definition) is 5. The van der Waals surface area contributed by atoms with Crippen molar-refractivity contribution in [1.82, 2.24) is 10.3 Å². The van der Waals surface area contributed by atoms with Crippen molar-refractivity contribution in [3.8, 4) is 0 Å². The maximum Gasteiger partial charge on any atom is 0.270 e. The SMILES string of the molecule is CSNc1ccc(C(C)NC(=O)c2ccc3cc(C(C)=O)ccc3n2)cc1C. The van der Waals surface area contributed by atoms with Crippen LogP contribution in [0.25, 0.3) is 10.9 Å². The van der Waals surface area contributed by atoms with Crippen molar-refractivity contribution in [2.24, 2.45) is 0 Å². The molecule has 2 aromatic carbocycles. The Labute approximate surface area is 169 Å². The van der Waals surface area contributed by atoms with Gasteiger partial charge in [-0.2, -0.15) is 0 Å². The van der Waals surface area contributed by atoms with Crippen molar-refractivity contribution in [3.05, 3.63) is 70.9 Å². The lowest BCUT2D eigenvalue weighted by Crippen LogP contribution is -2.27. The maximum absolute atomic E-state index is 12.7. The van der Waals surface area contributed by atoms with Crippen LogP contribution < -0.4 is 10.0 Å². The van der Waals surface area contributed by atoms with E-state index < -0.39 is 0 Å². The first-order valence-corrected chi connectivity index (χ1v) is 10.2. The minimum atomic E-state index is -0.228. The van der Waals surface area contributed by atoms with Gasteiger partial charge >= 0.3 is 0 Å². The van der Waals surface area contributed by atoms with Crippen molar-refractivity contribution in [1.29, 1.82) is 0 Å². The number of aryl methyl sites for hydroxylation is 1. The number of amides is 1. The lowest BCUT2D eigenvalue weighted by molar-refractivity contribution is 0.0934. The number of fused-ring (bicyclic) bond motifs is 1. The lowest BCUT2D eigenvalue weighted by Gasteiger charge is -2.16. The van der Waals surface area contributed by atoms with E-state index in [9.17, 15) is 9.59 Å². The molecule has 1 atom stereocenters. The predicted molar refractivity (Wildman–Crippen MR) is 116 cm³/mol. The Morgan fingerprint density at radius 1 is 1.07 bits per heavy atom. The number of anilines is 1. The maximum atomic E-state index is 12.7. The van der Waals surface area contributed by atoms with Crippen LogP contribution in [0.15, 0.2) is 48.5 Å². The molecule has 3 rings (SSSR count). The Morgan fingerprint density at radius 3 is 2.54 bits per heavy atom. The van der Waals surface area contributed by atoms with Crippen molar-refractivity contribution in [3.63, 3.8) is 0 Å².